The van der Waals surface area contributed by atoms with Crippen molar-refractivity contribution in [2.45, 2.75) is 144 Å². The van der Waals surface area contributed by atoms with Gasteiger partial charge in [-0.15, -0.1) is 0 Å². The van der Waals surface area contributed by atoms with E-state index in [-0.39, 0.29) is 33.2 Å². The van der Waals surface area contributed by atoms with Crippen LogP contribution in [-0.4, -0.2) is 49.9 Å². The van der Waals surface area contributed by atoms with Crippen LogP contribution in [0.1, 0.15) is 105 Å². The first-order chi connectivity index (χ1) is 26.1. The second kappa shape index (κ2) is 16.6. The SMILES string of the molecule is CC(C)(C)c1cc2c(O)c(c1)Sc1cc(C(C)(C)C)cc3c1OCCOCCOCCOc1c(cc(C(C)(C)C)cc1S3)Sc1cc(C(C)(C)C)cc(c1O)S2. The summed E-state index contributed by atoms with van der Waals surface area (Å²) in [5.74, 6) is 1.83. The number of phenols is 2. The molecule has 4 aromatic carbocycles. The first-order valence-electron chi connectivity index (χ1n) is 19.3. The van der Waals surface area contributed by atoms with Crippen LogP contribution in [0.15, 0.2) is 87.7 Å². The molecular formula is C46H58O6S4. The first-order valence-corrected chi connectivity index (χ1v) is 22.6. The van der Waals surface area contributed by atoms with Gasteiger partial charge in [0.05, 0.1) is 65.6 Å². The van der Waals surface area contributed by atoms with Crippen LogP contribution in [0, 0.1) is 0 Å². The summed E-state index contributed by atoms with van der Waals surface area (Å²) in [5, 5.41) is 24.4. The molecule has 2 aliphatic heterocycles. The van der Waals surface area contributed by atoms with Gasteiger partial charge in [-0.1, -0.05) is 130 Å². The van der Waals surface area contributed by atoms with Gasteiger partial charge in [-0.2, -0.15) is 0 Å². The minimum atomic E-state index is -0.211. The fourth-order valence-corrected chi connectivity index (χ4v) is 10.7. The average Bonchev–Trinajstić information content (AvgIpc) is 3.08. The van der Waals surface area contributed by atoms with Crippen LogP contribution in [0.4, 0.5) is 0 Å². The zero-order valence-electron chi connectivity index (χ0n) is 35.0. The highest BCUT2D eigenvalue weighted by atomic mass is 32.2. The Morgan fingerprint density at radius 3 is 0.839 bits per heavy atom. The Labute approximate surface area is 351 Å². The van der Waals surface area contributed by atoms with Crippen molar-refractivity contribution in [2.75, 3.05) is 39.6 Å². The largest absolute Gasteiger partial charge is 0.506 e. The predicted octanol–water partition coefficient (Wildman–Crippen LogP) is 13.0. The van der Waals surface area contributed by atoms with Gasteiger partial charge in [0.1, 0.15) is 36.2 Å². The lowest BCUT2D eigenvalue weighted by atomic mass is 9.87. The molecular weight excluding hydrogens is 777 g/mol. The van der Waals surface area contributed by atoms with E-state index in [9.17, 15) is 10.2 Å². The highest BCUT2D eigenvalue weighted by molar-refractivity contribution is 8.01. The lowest BCUT2D eigenvalue weighted by molar-refractivity contribution is 0.0264. The molecule has 0 aliphatic carbocycles. The lowest BCUT2D eigenvalue weighted by Crippen LogP contribution is -2.14. The van der Waals surface area contributed by atoms with Crippen molar-refractivity contribution in [3.63, 3.8) is 0 Å². The Hall–Kier alpha value is -2.60. The molecule has 10 bridgehead atoms. The van der Waals surface area contributed by atoms with E-state index in [1.807, 2.05) is 0 Å². The molecule has 0 unspecified atom stereocenters. The molecule has 2 aliphatic rings. The smallest absolute Gasteiger partial charge is 0.147 e. The molecule has 0 aromatic heterocycles. The van der Waals surface area contributed by atoms with Gasteiger partial charge in [-0.25, -0.2) is 0 Å². The van der Waals surface area contributed by atoms with Gasteiger partial charge in [0.15, 0.2) is 0 Å². The first kappa shape index (κ1) is 43.0. The molecule has 0 atom stereocenters. The zero-order valence-corrected chi connectivity index (χ0v) is 38.3. The third kappa shape index (κ3) is 9.98. The number of hydrogen-bond acceptors (Lipinski definition) is 10. The summed E-state index contributed by atoms with van der Waals surface area (Å²) in [6.45, 7) is 28.9. The molecule has 0 spiro atoms. The van der Waals surface area contributed by atoms with E-state index in [2.05, 4.69) is 132 Å². The summed E-state index contributed by atoms with van der Waals surface area (Å²) in [4.78, 5) is 6.52. The zero-order chi connectivity index (χ0) is 40.8. The van der Waals surface area contributed by atoms with Crippen molar-refractivity contribution >= 4 is 47.0 Å². The standard InChI is InChI=1S/C46H58O6S4/c1-43(2,3)27-19-31-39(47)33(21-27)54-35-23-29(45(7,8)9)25-37-41(35)51-17-15-49-13-14-50-16-18-52-42-36(24-30(46(10,11)12)26-38(42)56-37)55-34-22-28(44(4,5)6)20-32(53-31)40(34)48/h19-26,47-48H,13-18H2,1-12H3. The van der Waals surface area contributed by atoms with Gasteiger partial charge >= 0.3 is 0 Å². The monoisotopic (exact) mass is 834 g/mol. The van der Waals surface area contributed by atoms with E-state index in [0.717, 1.165) is 63.1 Å². The molecule has 0 amide bonds. The van der Waals surface area contributed by atoms with Crippen molar-refractivity contribution in [3.8, 4) is 23.0 Å². The molecule has 2 heterocycles. The third-order valence-corrected chi connectivity index (χ3v) is 14.0. The van der Waals surface area contributed by atoms with E-state index in [1.165, 1.54) is 35.3 Å². The number of benzene rings is 4. The fourth-order valence-electron chi connectivity index (χ4n) is 6.15. The Morgan fingerprint density at radius 1 is 0.357 bits per heavy atom. The van der Waals surface area contributed by atoms with Crippen LogP contribution >= 0.6 is 47.0 Å². The van der Waals surface area contributed by atoms with Gasteiger partial charge < -0.3 is 29.2 Å². The fraction of sp³-hybridized carbons (Fsp3) is 0.478. The Kier molecular flexibility index (Phi) is 12.7. The van der Waals surface area contributed by atoms with Crippen LogP contribution in [0.2, 0.25) is 0 Å². The van der Waals surface area contributed by atoms with Crippen LogP contribution < -0.4 is 9.47 Å². The summed E-state index contributed by atoms with van der Waals surface area (Å²) in [6, 6.07) is 17.2. The molecule has 0 saturated heterocycles. The van der Waals surface area contributed by atoms with E-state index < -0.39 is 0 Å². The van der Waals surface area contributed by atoms with Crippen molar-refractivity contribution < 1.29 is 29.2 Å². The summed E-state index contributed by atoms with van der Waals surface area (Å²) < 4.78 is 25.4. The van der Waals surface area contributed by atoms with Crippen LogP contribution in [0.3, 0.4) is 0 Å². The number of rotatable bonds is 0. The maximum atomic E-state index is 12.2. The third-order valence-electron chi connectivity index (χ3n) is 9.79. The summed E-state index contributed by atoms with van der Waals surface area (Å²) in [5.41, 5.74) is 3.68. The molecule has 0 radical (unpaired) electrons. The second-order valence-electron chi connectivity index (χ2n) is 18.6. The van der Waals surface area contributed by atoms with Crippen LogP contribution in [-0.2, 0) is 31.1 Å². The molecule has 6 rings (SSSR count). The summed E-state index contributed by atoms with van der Waals surface area (Å²) in [7, 11) is 0. The molecule has 302 valence electrons. The summed E-state index contributed by atoms with van der Waals surface area (Å²) >= 11 is 6.07. The van der Waals surface area contributed by atoms with Gasteiger partial charge in [0.2, 0.25) is 0 Å². The quantitative estimate of drug-likeness (QED) is 0.157. The van der Waals surface area contributed by atoms with Gasteiger partial charge in [-0.05, 0) is 92.4 Å². The Bertz CT molecular complexity index is 1940. The van der Waals surface area contributed by atoms with Crippen molar-refractivity contribution in [3.05, 3.63) is 70.8 Å². The number of aromatic hydroxyl groups is 2. The molecule has 6 nitrogen and oxygen atoms in total. The number of phenolic OH excluding ortho intramolecular Hbond substituents is 2. The van der Waals surface area contributed by atoms with Crippen molar-refractivity contribution in [1.82, 2.24) is 0 Å². The molecule has 2 N–H and O–H groups in total. The normalized spacial score (nSPS) is 16.1. The number of fused-ring (bicyclic) bond motifs is 4. The van der Waals surface area contributed by atoms with Crippen molar-refractivity contribution in [1.29, 1.82) is 0 Å². The maximum absolute atomic E-state index is 12.2. The molecule has 56 heavy (non-hydrogen) atoms. The van der Waals surface area contributed by atoms with Gasteiger partial charge in [0, 0.05) is 0 Å². The minimum absolute atomic E-state index is 0.175. The maximum Gasteiger partial charge on any atom is 0.147 e. The second-order valence-corrected chi connectivity index (χ2v) is 22.9. The van der Waals surface area contributed by atoms with E-state index in [1.54, 1.807) is 11.8 Å². The topological polar surface area (TPSA) is 77.4 Å². The highest BCUT2D eigenvalue weighted by Crippen LogP contribution is 2.56. The van der Waals surface area contributed by atoms with Crippen molar-refractivity contribution in [2.24, 2.45) is 0 Å². The van der Waals surface area contributed by atoms with Gasteiger partial charge in [-0.3, -0.25) is 0 Å². The molecule has 0 saturated carbocycles. The number of hydrogen-bond donors (Lipinski definition) is 2. The number of ether oxygens (including phenoxy) is 4. The van der Waals surface area contributed by atoms with Gasteiger partial charge in [0.25, 0.3) is 0 Å². The van der Waals surface area contributed by atoms with E-state index in [0.29, 0.717) is 49.4 Å². The lowest BCUT2D eigenvalue weighted by Gasteiger charge is -2.27. The summed E-state index contributed by atoms with van der Waals surface area (Å²) in [6.07, 6.45) is 0. The van der Waals surface area contributed by atoms with E-state index in [4.69, 9.17) is 18.9 Å². The Morgan fingerprint density at radius 2 is 0.571 bits per heavy atom. The van der Waals surface area contributed by atoms with Crippen LogP contribution in [0.5, 0.6) is 23.0 Å². The van der Waals surface area contributed by atoms with E-state index >= 15 is 0 Å². The predicted molar refractivity (Wildman–Crippen MR) is 233 cm³/mol. The van der Waals surface area contributed by atoms with Crippen LogP contribution in [0.25, 0.3) is 0 Å². The minimum Gasteiger partial charge on any atom is -0.506 e. The Balaban J connectivity index is 1.74. The molecule has 10 heteroatoms. The average molecular weight is 835 g/mol. The molecule has 0 fully saturated rings. The molecule has 4 aromatic rings. The highest BCUT2D eigenvalue weighted by Gasteiger charge is 2.29.